The molecule has 5 rings (SSSR count). The number of rotatable bonds is 3. The summed E-state index contributed by atoms with van der Waals surface area (Å²) in [4.78, 5) is 0. The molecule has 3 aromatic carbocycles. The average Bonchev–Trinajstić information content (AvgIpc) is 3.26. The maximum Gasteiger partial charge on any atom is 0.119 e. The van der Waals surface area contributed by atoms with E-state index in [1.807, 2.05) is 0 Å². The number of fused-ring (bicyclic) bond motifs is 3. The minimum atomic E-state index is -0.121. The summed E-state index contributed by atoms with van der Waals surface area (Å²) in [6, 6.07) is 28.2. The quantitative estimate of drug-likeness (QED) is 0.581. The lowest BCUT2D eigenvalue weighted by Crippen LogP contribution is -2.26. The van der Waals surface area contributed by atoms with Crippen LogP contribution in [0, 0.1) is 0 Å². The van der Waals surface area contributed by atoms with E-state index >= 15 is 0 Å². The van der Waals surface area contributed by atoms with Crippen LogP contribution in [0.1, 0.15) is 28.7 Å². The minimum absolute atomic E-state index is 0.121. The van der Waals surface area contributed by atoms with Crippen LogP contribution in [-0.2, 0) is 5.41 Å². The van der Waals surface area contributed by atoms with Gasteiger partial charge in [-0.3, -0.25) is 0 Å². The van der Waals surface area contributed by atoms with Crippen molar-refractivity contribution in [2.75, 3.05) is 7.11 Å². The standard InChI is InChI=1S/C25H20O/c1-26-21-12-13-22-18(16-21)17-24-23(22)14-15-25(24,19-8-4-2-5-9-19)20-10-6-3-7-11-20/h2-14,16-17H,15H2,1H3. The first-order valence-corrected chi connectivity index (χ1v) is 9.05. The first-order valence-electron chi connectivity index (χ1n) is 9.05. The van der Waals surface area contributed by atoms with Gasteiger partial charge < -0.3 is 4.74 Å². The topological polar surface area (TPSA) is 9.23 Å². The lowest BCUT2D eigenvalue weighted by molar-refractivity contribution is 0.414. The fourth-order valence-corrected chi connectivity index (χ4v) is 4.51. The number of hydrogen-bond acceptors (Lipinski definition) is 1. The van der Waals surface area contributed by atoms with Gasteiger partial charge in [0.2, 0.25) is 0 Å². The molecule has 0 atom stereocenters. The summed E-state index contributed by atoms with van der Waals surface area (Å²) in [5.41, 5.74) is 7.92. The van der Waals surface area contributed by atoms with Crippen LogP contribution in [0.5, 0.6) is 5.75 Å². The van der Waals surface area contributed by atoms with Crippen molar-refractivity contribution in [2.24, 2.45) is 0 Å². The second-order valence-electron chi connectivity index (χ2n) is 6.97. The fourth-order valence-electron chi connectivity index (χ4n) is 4.51. The Morgan fingerprint density at radius 1 is 0.808 bits per heavy atom. The summed E-state index contributed by atoms with van der Waals surface area (Å²) in [5.74, 6) is 0.909. The lowest BCUT2D eigenvalue weighted by Gasteiger charge is -2.33. The molecule has 1 nitrogen and oxygen atoms in total. The Morgan fingerprint density at radius 3 is 2.08 bits per heavy atom. The SMILES string of the molecule is COc1ccc2c(c1)C=C1C2=CCC1(c1ccccc1)c1ccccc1. The number of benzene rings is 3. The smallest absolute Gasteiger partial charge is 0.119 e. The van der Waals surface area contributed by atoms with Crippen LogP contribution in [0.3, 0.4) is 0 Å². The van der Waals surface area contributed by atoms with Crippen LogP contribution in [0.15, 0.2) is 90.5 Å². The molecule has 0 aliphatic heterocycles. The molecule has 126 valence electrons. The molecule has 0 N–H and O–H groups in total. The molecular formula is C25H20O. The highest BCUT2D eigenvalue weighted by molar-refractivity contribution is 6.00. The van der Waals surface area contributed by atoms with Crippen molar-refractivity contribution in [3.63, 3.8) is 0 Å². The molecule has 26 heavy (non-hydrogen) atoms. The van der Waals surface area contributed by atoms with Crippen LogP contribution >= 0.6 is 0 Å². The van der Waals surface area contributed by atoms with Gasteiger partial charge in [-0.2, -0.15) is 0 Å². The van der Waals surface area contributed by atoms with Gasteiger partial charge in [0.05, 0.1) is 7.11 Å². The second kappa shape index (κ2) is 5.74. The van der Waals surface area contributed by atoms with Gasteiger partial charge in [0.1, 0.15) is 5.75 Å². The molecule has 2 aliphatic carbocycles. The third-order valence-corrected chi connectivity index (χ3v) is 5.74. The maximum atomic E-state index is 5.43. The van der Waals surface area contributed by atoms with Gasteiger partial charge in [-0.1, -0.05) is 72.8 Å². The zero-order valence-electron chi connectivity index (χ0n) is 14.8. The van der Waals surface area contributed by atoms with Crippen molar-refractivity contribution in [1.82, 2.24) is 0 Å². The predicted molar refractivity (Wildman–Crippen MR) is 107 cm³/mol. The Balaban J connectivity index is 1.74. The third-order valence-electron chi connectivity index (χ3n) is 5.74. The third kappa shape index (κ3) is 2.04. The Morgan fingerprint density at radius 2 is 1.46 bits per heavy atom. The van der Waals surface area contributed by atoms with Gasteiger partial charge in [-0.25, -0.2) is 0 Å². The van der Waals surface area contributed by atoms with Crippen molar-refractivity contribution in [2.45, 2.75) is 11.8 Å². The Kier molecular flexibility index (Phi) is 3.36. The van der Waals surface area contributed by atoms with E-state index < -0.39 is 0 Å². The highest BCUT2D eigenvalue weighted by Crippen LogP contribution is 2.56. The molecule has 0 radical (unpaired) electrons. The van der Waals surface area contributed by atoms with Gasteiger partial charge in [0, 0.05) is 5.41 Å². The van der Waals surface area contributed by atoms with E-state index in [4.69, 9.17) is 4.74 Å². The zero-order valence-corrected chi connectivity index (χ0v) is 14.8. The second-order valence-corrected chi connectivity index (χ2v) is 6.97. The normalized spacial score (nSPS) is 16.5. The molecular weight excluding hydrogens is 316 g/mol. The molecule has 3 aromatic rings. The number of allylic oxidation sites excluding steroid dienone is 3. The van der Waals surface area contributed by atoms with Gasteiger partial charge in [-0.05, 0) is 58.0 Å². The molecule has 0 fully saturated rings. The van der Waals surface area contributed by atoms with Gasteiger partial charge >= 0.3 is 0 Å². The first-order chi connectivity index (χ1) is 12.8. The molecule has 0 saturated carbocycles. The molecule has 0 saturated heterocycles. The highest BCUT2D eigenvalue weighted by Gasteiger charge is 2.44. The van der Waals surface area contributed by atoms with Crippen LogP contribution in [0.25, 0.3) is 11.6 Å². The molecule has 0 bridgehead atoms. The van der Waals surface area contributed by atoms with E-state index in [-0.39, 0.29) is 5.41 Å². The van der Waals surface area contributed by atoms with Gasteiger partial charge in [0.15, 0.2) is 0 Å². The van der Waals surface area contributed by atoms with Gasteiger partial charge in [-0.15, -0.1) is 0 Å². The molecule has 0 aromatic heterocycles. The van der Waals surface area contributed by atoms with Crippen molar-refractivity contribution in [1.29, 1.82) is 0 Å². The molecule has 2 aliphatic rings. The van der Waals surface area contributed by atoms with Crippen molar-refractivity contribution in [3.8, 4) is 5.75 Å². The number of hydrogen-bond donors (Lipinski definition) is 0. The number of ether oxygens (including phenoxy) is 1. The largest absolute Gasteiger partial charge is 0.497 e. The van der Waals surface area contributed by atoms with Crippen molar-refractivity contribution < 1.29 is 4.74 Å². The van der Waals surface area contributed by atoms with E-state index in [0.29, 0.717) is 0 Å². The molecule has 1 heteroatoms. The van der Waals surface area contributed by atoms with E-state index in [2.05, 4.69) is 91.0 Å². The van der Waals surface area contributed by atoms with Crippen LogP contribution in [0.2, 0.25) is 0 Å². The summed E-state index contributed by atoms with van der Waals surface area (Å²) in [7, 11) is 1.72. The summed E-state index contributed by atoms with van der Waals surface area (Å²) in [6.45, 7) is 0. The Bertz CT molecular complexity index is 987. The molecule has 0 spiro atoms. The Labute approximate surface area is 154 Å². The van der Waals surface area contributed by atoms with Crippen LogP contribution < -0.4 is 4.74 Å². The summed E-state index contributed by atoms with van der Waals surface area (Å²) >= 11 is 0. The van der Waals surface area contributed by atoms with E-state index in [1.54, 1.807) is 7.11 Å². The predicted octanol–water partition coefficient (Wildman–Crippen LogP) is 5.87. The zero-order chi connectivity index (χ0) is 17.6. The molecule has 0 heterocycles. The summed E-state index contributed by atoms with van der Waals surface area (Å²) in [5, 5.41) is 0. The van der Waals surface area contributed by atoms with E-state index in [1.165, 1.54) is 33.4 Å². The van der Waals surface area contributed by atoms with E-state index in [9.17, 15) is 0 Å². The summed E-state index contributed by atoms with van der Waals surface area (Å²) < 4.78 is 5.43. The fraction of sp³-hybridized carbons (Fsp3) is 0.120. The molecule has 0 amide bonds. The van der Waals surface area contributed by atoms with Crippen LogP contribution in [0.4, 0.5) is 0 Å². The lowest BCUT2D eigenvalue weighted by atomic mass is 9.69. The molecule has 0 unspecified atom stereocenters. The minimum Gasteiger partial charge on any atom is -0.497 e. The maximum absolute atomic E-state index is 5.43. The average molecular weight is 336 g/mol. The Hall–Kier alpha value is -3.06. The highest BCUT2D eigenvalue weighted by atomic mass is 16.5. The number of methoxy groups -OCH3 is 1. The van der Waals surface area contributed by atoms with E-state index in [0.717, 1.165) is 12.2 Å². The van der Waals surface area contributed by atoms with Gasteiger partial charge in [0.25, 0.3) is 0 Å². The van der Waals surface area contributed by atoms with Crippen molar-refractivity contribution >= 4 is 11.6 Å². The first kappa shape index (κ1) is 15.2. The van der Waals surface area contributed by atoms with Crippen LogP contribution in [-0.4, -0.2) is 7.11 Å². The van der Waals surface area contributed by atoms with Crippen molar-refractivity contribution in [3.05, 3.63) is 113 Å². The summed E-state index contributed by atoms with van der Waals surface area (Å²) in [6.07, 6.45) is 5.76. The monoisotopic (exact) mass is 336 g/mol.